The number of hydrogen-bond donors (Lipinski definition) is 2. The van der Waals surface area contributed by atoms with E-state index in [1.165, 1.54) is 0 Å². The van der Waals surface area contributed by atoms with E-state index in [4.69, 9.17) is 4.74 Å². The monoisotopic (exact) mass is 251 g/mol. The maximum atomic E-state index is 11.9. The van der Waals surface area contributed by atoms with Crippen molar-refractivity contribution in [1.82, 2.24) is 15.3 Å². The predicted octanol–water partition coefficient (Wildman–Crippen LogP) is 1.65. The summed E-state index contributed by atoms with van der Waals surface area (Å²) in [6.07, 6.45) is 1.80. The van der Waals surface area contributed by atoms with Gasteiger partial charge in [0, 0.05) is 18.8 Å². The lowest BCUT2D eigenvalue weighted by molar-refractivity contribution is 0.0938. The fourth-order valence-electron chi connectivity index (χ4n) is 2.11. The number of amides is 1. The van der Waals surface area contributed by atoms with Crippen molar-refractivity contribution in [2.24, 2.45) is 5.41 Å². The number of nitrogens with zero attached hydrogens (tertiary/aromatic N) is 1. The molecule has 0 saturated carbocycles. The third-order valence-corrected chi connectivity index (χ3v) is 3.01. The summed E-state index contributed by atoms with van der Waals surface area (Å²) in [6, 6.07) is 0. The fourth-order valence-corrected chi connectivity index (χ4v) is 2.11. The molecule has 1 aromatic heterocycles. The number of aromatic amines is 1. The number of ether oxygens (including phenoxy) is 1. The van der Waals surface area contributed by atoms with Gasteiger partial charge in [-0.1, -0.05) is 20.8 Å². The minimum Gasteiger partial charge on any atom is -0.374 e. The summed E-state index contributed by atoms with van der Waals surface area (Å²) in [5, 5.41) is 2.91. The first-order valence-electron chi connectivity index (χ1n) is 6.45. The number of fused-ring (bicyclic) bond motifs is 1. The van der Waals surface area contributed by atoms with Gasteiger partial charge in [0.15, 0.2) is 0 Å². The Labute approximate surface area is 107 Å². The molecule has 0 bridgehead atoms. The second-order valence-electron chi connectivity index (χ2n) is 5.59. The standard InChI is InChI=1S/C13H21N3O2/c1-4-5-18-7-10-15-9-6-13(2,3)8-14-12(17)11(9)16-10/h4-8H2,1-3H3,(H,14,17)(H,15,16). The van der Waals surface area contributed by atoms with Gasteiger partial charge in [-0.15, -0.1) is 0 Å². The van der Waals surface area contributed by atoms with Crippen LogP contribution in [-0.2, 0) is 17.8 Å². The molecule has 0 spiro atoms. The zero-order chi connectivity index (χ0) is 13.2. The number of aromatic nitrogens is 2. The van der Waals surface area contributed by atoms with Crippen molar-refractivity contribution in [3.8, 4) is 0 Å². The van der Waals surface area contributed by atoms with Gasteiger partial charge >= 0.3 is 0 Å². The van der Waals surface area contributed by atoms with Gasteiger partial charge < -0.3 is 15.0 Å². The summed E-state index contributed by atoms with van der Waals surface area (Å²) in [4.78, 5) is 19.5. The second-order valence-corrected chi connectivity index (χ2v) is 5.59. The highest BCUT2D eigenvalue weighted by Crippen LogP contribution is 2.25. The second kappa shape index (κ2) is 5.10. The number of imidazole rings is 1. The highest BCUT2D eigenvalue weighted by atomic mass is 16.5. The lowest BCUT2D eigenvalue weighted by Crippen LogP contribution is -2.32. The van der Waals surface area contributed by atoms with E-state index in [-0.39, 0.29) is 11.3 Å². The van der Waals surface area contributed by atoms with E-state index in [0.29, 0.717) is 25.5 Å². The molecular weight excluding hydrogens is 230 g/mol. The molecule has 0 aromatic carbocycles. The highest BCUT2D eigenvalue weighted by Gasteiger charge is 2.29. The van der Waals surface area contributed by atoms with Gasteiger partial charge in [0.2, 0.25) is 0 Å². The molecule has 1 amide bonds. The molecule has 0 aliphatic carbocycles. The van der Waals surface area contributed by atoms with Crippen LogP contribution in [0, 0.1) is 5.41 Å². The van der Waals surface area contributed by atoms with Crippen LogP contribution in [0.2, 0.25) is 0 Å². The Bertz CT molecular complexity index is 437. The molecule has 2 rings (SSSR count). The zero-order valence-electron chi connectivity index (χ0n) is 11.3. The molecule has 1 aliphatic rings. The average Bonchev–Trinajstić information content (AvgIpc) is 2.64. The van der Waals surface area contributed by atoms with Crippen LogP contribution in [0.15, 0.2) is 0 Å². The quantitative estimate of drug-likeness (QED) is 0.800. The lowest BCUT2D eigenvalue weighted by atomic mass is 9.88. The summed E-state index contributed by atoms with van der Waals surface area (Å²) in [5.74, 6) is 0.648. The van der Waals surface area contributed by atoms with Crippen molar-refractivity contribution in [2.45, 2.75) is 40.2 Å². The minimum absolute atomic E-state index is 0.0506. The van der Waals surface area contributed by atoms with Gasteiger partial charge in [0.05, 0.1) is 0 Å². The number of carbonyl (C=O) groups is 1. The molecule has 0 fully saturated rings. The summed E-state index contributed by atoms with van der Waals surface area (Å²) in [5.41, 5.74) is 1.50. The highest BCUT2D eigenvalue weighted by molar-refractivity contribution is 5.93. The Balaban J connectivity index is 2.16. The molecule has 5 heteroatoms. The Hall–Kier alpha value is -1.36. The van der Waals surface area contributed by atoms with E-state index in [2.05, 4.69) is 36.1 Å². The van der Waals surface area contributed by atoms with Crippen LogP contribution >= 0.6 is 0 Å². The van der Waals surface area contributed by atoms with Crippen LogP contribution in [0.1, 0.15) is 49.2 Å². The molecule has 5 nitrogen and oxygen atoms in total. The molecule has 1 aromatic rings. The van der Waals surface area contributed by atoms with Gasteiger partial charge in [-0.2, -0.15) is 0 Å². The van der Waals surface area contributed by atoms with Crippen LogP contribution in [0.3, 0.4) is 0 Å². The molecule has 100 valence electrons. The van der Waals surface area contributed by atoms with Gasteiger partial charge in [0.1, 0.15) is 18.1 Å². The summed E-state index contributed by atoms with van der Waals surface area (Å²) >= 11 is 0. The van der Waals surface area contributed by atoms with Crippen molar-refractivity contribution in [2.75, 3.05) is 13.2 Å². The molecular formula is C13H21N3O2. The topological polar surface area (TPSA) is 67.0 Å². The van der Waals surface area contributed by atoms with Crippen molar-refractivity contribution in [1.29, 1.82) is 0 Å². The number of nitrogens with one attached hydrogen (secondary N) is 2. The number of hydrogen-bond acceptors (Lipinski definition) is 3. The summed E-state index contributed by atoms with van der Waals surface area (Å²) < 4.78 is 5.44. The minimum atomic E-state index is -0.0893. The molecule has 0 saturated heterocycles. The lowest BCUT2D eigenvalue weighted by Gasteiger charge is -2.21. The van der Waals surface area contributed by atoms with E-state index in [9.17, 15) is 4.79 Å². The third kappa shape index (κ3) is 2.90. The fraction of sp³-hybridized carbons (Fsp3) is 0.692. The average molecular weight is 251 g/mol. The third-order valence-electron chi connectivity index (χ3n) is 3.01. The van der Waals surface area contributed by atoms with Gasteiger partial charge in [-0.25, -0.2) is 4.98 Å². The number of carbonyl (C=O) groups excluding carboxylic acids is 1. The van der Waals surface area contributed by atoms with Crippen LogP contribution in [0.4, 0.5) is 0 Å². The van der Waals surface area contributed by atoms with Crippen LogP contribution in [0.5, 0.6) is 0 Å². The first kappa shape index (κ1) is 13.1. The molecule has 2 N–H and O–H groups in total. The van der Waals surface area contributed by atoms with Crippen LogP contribution in [0.25, 0.3) is 0 Å². The van der Waals surface area contributed by atoms with Crippen molar-refractivity contribution in [3.63, 3.8) is 0 Å². The van der Waals surface area contributed by atoms with Gasteiger partial charge in [-0.05, 0) is 18.3 Å². The van der Waals surface area contributed by atoms with Gasteiger partial charge in [0.25, 0.3) is 5.91 Å². The molecule has 1 aliphatic heterocycles. The zero-order valence-corrected chi connectivity index (χ0v) is 11.3. The summed E-state index contributed by atoms with van der Waals surface area (Å²) in [7, 11) is 0. The molecule has 18 heavy (non-hydrogen) atoms. The molecule has 2 heterocycles. The van der Waals surface area contributed by atoms with Crippen molar-refractivity contribution in [3.05, 3.63) is 17.2 Å². The van der Waals surface area contributed by atoms with E-state index >= 15 is 0 Å². The Morgan fingerprint density at radius 2 is 2.22 bits per heavy atom. The van der Waals surface area contributed by atoms with Crippen LogP contribution in [-0.4, -0.2) is 29.0 Å². The first-order valence-corrected chi connectivity index (χ1v) is 6.45. The predicted molar refractivity (Wildman–Crippen MR) is 68.4 cm³/mol. The molecule has 0 atom stereocenters. The molecule has 0 radical (unpaired) electrons. The van der Waals surface area contributed by atoms with E-state index in [0.717, 1.165) is 24.4 Å². The first-order chi connectivity index (χ1) is 8.52. The SMILES string of the molecule is CCCOCc1nc2c([nH]1)CC(C)(C)CNC2=O. The largest absolute Gasteiger partial charge is 0.374 e. The van der Waals surface area contributed by atoms with E-state index in [1.54, 1.807) is 0 Å². The van der Waals surface area contributed by atoms with Crippen LogP contribution < -0.4 is 5.32 Å². The number of H-pyrrole nitrogens is 1. The Morgan fingerprint density at radius 1 is 1.44 bits per heavy atom. The summed E-state index contributed by atoms with van der Waals surface area (Å²) in [6.45, 7) is 8.16. The maximum absolute atomic E-state index is 11.9. The smallest absolute Gasteiger partial charge is 0.271 e. The van der Waals surface area contributed by atoms with E-state index < -0.39 is 0 Å². The maximum Gasteiger partial charge on any atom is 0.271 e. The Morgan fingerprint density at radius 3 is 2.94 bits per heavy atom. The van der Waals surface area contributed by atoms with Crippen molar-refractivity contribution < 1.29 is 9.53 Å². The Kier molecular flexibility index (Phi) is 3.71. The van der Waals surface area contributed by atoms with Crippen molar-refractivity contribution >= 4 is 5.91 Å². The number of rotatable bonds is 4. The van der Waals surface area contributed by atoms with E-state index in [1.807, 2.05) is 0 Å². The van der Waals surface area contributed by atoms with Gasteiger partial charge in [-0.3, -0.25) is 4.79 Å². The molecule has 0 unspecified atom stereocenters. The normalized spacial score (nSPS) is 18.1.